The second-order valence-corrected chi connectivity index (χ2v) is 5.13. The van der Waals surface area contributed by atoms with Crippen LogP contribution < -0.4 is 10.9 Å². The maximum Gasteiger partial charge on any atom is 0.293 e. The van der Waals surface area contributed by atoms with Gasteiger partial charge in [-0.25, -0.2) is 4.98 Å². The van der Waals surface area contributed by atoms with Gasteiger partial charge in [0.05, 0.1) is 5.69 Å². The highest BCUT2D eigenvalue weighted by molar-refractivity contribution is 7.13. The minimum absolute atomic E-state index is 0.230. The number of aromatic nitrogens is 5. The molecule has 104 valence electrons. The van der Waals surface area contributed by atoms with Crippen molar-refractivity contribution in [2.45, 2.75) is 19.8 Å². The van der Waals surface area contributed by atoms with Gasteiger partial charge in [0.15, 0.2) is 5.13 Å². The fourth-order valence-corrected chi connectivity index (χ4v) is 2.71. The van der Waals surface area contributed by atoms with E-state index in [4.69, 9.17) is 0 Å². The number of hydrogen-bond donors (Lipinski definition) is 2. The van der Waals surface area contributed by atoms with Crippen molar-refractivity contribution in [2.24, 2.45) is 0 Å². The Kier molecular flexibility index (Phi) is 3.46. The molecule has 0 bridgehead atoms. The number of thiazole rings is 1. The Labute approximate surface area is 118 Å². The molecule has 0 radical (unpaired) electrons. The van der Waals surface area contributed by atoms with E-state index in [1.54, 1.807) is 28.1 Å². The van der Waals surface area contributed by atoms with E-state index in [0.717, 1.165) is 23.1 Å². The van der Waals surface area contributed by atoms with Crippen LogP contribution in [0.2, 0.25) is 0 Å². The molecule has 3 heterocycles. The quantitative estimate of drug-likeness (QED) is 0.734. The highest BCUT2D eigenvalue weighted by Crippen LogP contribution is 2.15. The lowest BCUT2D eigenvalue weighted by Gasteiger charge is -2.01. The van der Waals surface area contributed by atoms with Gasteiger partial charge < -0.3 is 10.3 Å². The van der Waals surface area contributed by atoms with Crippen molar-refractivity contribution in [3.05, 3.63) is 39.6 Å². The fraction of sp³-hybridized carbons (Fsp3) is 0.333. The maximum atomic E-state index is 11.5. The minimum atomic E-state index is -0.230. The summed E-state index contributed by atoms with van der Waals surface area (Å²) in [4.78, 5) is 18.5. The number of nitrogens with one attached hydrogen (secondary N) is 2. The van der Waals surface area contributed by atoms with Crippen LogP contribution in [0.15, 0.2) is 22.6 Å². The van der Waals surface area contributed by atoms with E-state index in [2.05, 4.69) is 32.4 Å². The normalized spacial score (nSPS) is 11.1. The standard InChI is InChI=1S/C12H14N6OS/c1-2-8-7-20-12(15-8)14-4-3-9-16-17-10-11(19)13-5-6-18(9)10/h5-7H,2-4H2,1H3,(H,13,19)(H,14,15). The number of aromatic amines is 1. The van der Waals surface area contributed by atoms with Gasteiger partial charge in [-0.05, 0) is 6.42 Å². The number of fused-ring (bicyclic) bond motifs is 1. The van der Waals surface area contributed by atoms with Crippen LogP contribution >= 0.6 is 11.3 Å². The number of rotatable bonds is 5. The van der Waals surface area contributed by atoms with Crippen molar-refractivity contribution in [2.75, 3.05) is 11.9 Å². The third-order valence-electron chi connectivity index (χ3n) is 2.95. The fourth-order valence-electron chi connectivity index (χ4n) is 1.89. The zero-order valence-corrected chi connectivity index (χ0v) is 11.8. The average Bonchev–Trinajstić information content (AvgIpc) is 3.07. The Hall–Kier alpha value is -2.22. The lowest BCUT2D eigenvalue weighted by Crippen LogP contribution is -2.11. The summed E-state index contributed by atoms with van der Waals surface area (Å²) in [6.07, 6.45) is 4.95. The van der Waals surface area contributed by atoms with Crippen LogP contribution in [-0.4, -0.2) is 31.1 Å². The van der Waals surface area contributed by atoms with Crippen molar-refractivity contribution in [1.29, 1.82) is 0 Å². The topological polar surface area (TPSA) is 88.0 Å². The first-order valence-corrected chi connectivity index (χ1v) is 7.25. The molecule has 0 saturated heterocycles. The van der Waals surface area contributed by atoms with Crippen LogP contribution in [-0.2, 0) is 12.8 Å². The van der Waals surface area contributed by atoms with E-state index < -0.39 is 0 Å². The summed E-state index contributed by atoms with van der Waals surface area (Å²) in [6.45, 7) is 2.78. The molecule has 7 nitrogen and oxygen atoms in total. The summed E-state index contributed by atoms with van der Waals surface area (Å²) < 4.78 is 1.71. The third kappa shape index (κ3) is 2.42. The predicted octanol–water partition coefficient (Wildman–Crippen LogP) is 1.09. The summed E-state index contributed by atoms with van der Waals surface area (Å²) in [5.41, 5.74) is 1.19. The van der Waals surface area contributed by atoms with Gasteiger partial charge in [0.1, 0.15) is 5.82 Å². The molecule has 0 fully saturated rings. The van der Waals surface area contributed by atoms with Gasteiger partial charge in [0.25, 0.3) is 5.56 Å². The molecule has 0 amide bonds. The molecule has 20 heavy (non-hydrogen) atoms. The van der Waals surface area contributed by atoms with Gasteiger partial charge in [0.2, 0.25) is 5.65 Å². The minimum Gasteiger partial charge on any atom is -0.361 e. The SMILES string of the molecule is CCc1csc(NCCc2nnc3c(=O)[nH]ccn23)n1. The summed E-state index contributed by atoms with van der Waals surface area (Å²) in [7, 11) is 0. The van der Waals surface area contributed by atoms with Crippen molar-refractivity contribution < 1.29 is 0 Å². The number of aryl methyl sites for hydroxylation is 1. The first-order chi connectivity index (χ1) is 9.78. The Bertz CT molecular complexity index is 773. The molecule has 2 N–H and O–H groups in total. The second kappa shape index (κ2) is 5.41. The Morgan fingerprint density at radius 1 is 1.45 bits per heavy atom. The molecule has 0 atom stereocenters. The molecule has 0 aliphatic heterocycles. The Balaban J connectivity index is 1.68. The number of anilines is 1. The van der Waals surface area contributed by atoms with E-state index in [-0.39, 0.29) is 5.56 Å². The maximum absolute atomic E-state index is 11.5. The summed E-state index contributed by atoms with van der Waals surface area (Å²) in [5, 5.41) is 14.2. The van der Waals surface area contributed by atoms with Gasteiger partial charge in [0, 0.05) is 30.7 Å². The van der Waals surface area contributed by atoms with E-state index in [1.807, 2.05) is 5.38 Å². The molecule has 0 aliphatic carbocycles. The highest BCUT2D eigenvalue weighted by atomic mass is 32.1. The van der Waals surface area contributed by atoms with Crippen molar-refractivity contribution >= 4 is 22.1 Å². The molecule has 8 heteroatoms. The Morgan fingerprint density at radius 2 is 2.35 bits per heavy atom. The van der Waals surface area contributed by atoms with Gasteiger partial charge in [-0.3, -0.25) is 9.20 Å². The molecule has 0 saturated carbocycles. The van der Waals surface area contributed by atoms with Gasteiger partial charge in [-0.1, -0.05) is 6.92 Å². The van der Waals surface area contributed by atoms with Gasteiger partial charge in [-0.2, -0.15) is 0 Å². The number of nitrogens with zero attached hydrogens (tertiary/aromatic N) is 4. The molecular weight excluding hydrogens is 276 g/mol. The smallest absolute Gasteiger partial charge is 0.293 e. The monoisotopic (exact) mass is 290 g/mol. The van der Waals surface area contributed by atoms with E-state index >= 15 is 0 Å². The molecule has 0 unspecified atom stereocenters. The summed E-state index contributed by atoms with van der Waals surface area (Å²) in [5.74, 6) is 0.755. The third-order valence-corrected chi connectivity index (χ3v) is 3.80. The van der Waals surface area contributed by atoms with Crippen molar-refractivity contribution in [1.82, 2.24) is 24.6 Å². The van der Waals surface area contributed by atoms with Gasteiger partial charge in [-0.15, -0.1) is 21.5 Å². The largest absolute Gasteiger partial charge is 0.361 e. The van der Waals surface area contributed by atoms with Gasteiger partial charge >= 0.3 is 0 Å². The van der Waals surface area contributed by atoms with Crippen molar-refractivity contribution in [3.8, 4) is 0 Å². The van der Waals surface area contributed by atoms with Crippen LogP contribution in [0.5, 0.6) is 0 Å². The molecular formula is C12H14N6OS. The van der Waals surface area contributed by atoms with E-state index in [0.29, 0.717) is 18.6 Å². The number of hydrogen-bond acceptors (Lipinski definition) is 6. The van der Waals surface area contributed by atoms with Crippen LogP contribution in [0.25, 0.3) is 5.65 Å². The molecule has 3 rings (SSSR count). The number of H-pyrrole nitrogens is 1. The average molecular weight is 290 g/mol. The predicted molar refractivity (Wildman–Crippen MR) is 77.3 cm³/mol. The summed E-state index contributed by atoms with van der Waals surface area (Å²) in [6, 6.07) is 0. The van der Waals surface area contributed by atoms with Crippen LogP contribution in [0.1, 0.15) is 18.4 Å². The van der Waals surface area contributed by atoms with Crippen LogP contribution in [0, 0.1) is 0 Å². The first-order valence-electron chi connectivity index (χ1n) is 6.37. The first kappa shape index (κ1) is 12.8. The van der Waals surface area contributed by atoms with Crippen LogP contribution in [0.4, 0.5) is 5.13 Å². The van der Waals surface area contributed by atoms with Crippen molar-refractivity contribution in [3.63, 3.8) is 0 Å². The molecule has 0 aromatic carbocycles. The molecule has 3 aromatic heterocycles. The molecule has 0 aliphatic rings. The summed E-state index contributed by atoms with van der Waals surface area (Å²) >= 11 is 1.60. The lowest BCUT2D eigenvalue weighted by atomic mass is 10.4. The zero-order chi connectivity index (χ0) is 13.9. The van der Waals surface area contributed by atoms with Crippen LogP contribution in [0.3, 0.4) is 0 Å². The molecule has 3 aromatic rings. The highest BCUT2D eigenvalue weighted by Gasteiger charge is 2.07. The molecule has 0 spiro atoms. The lowest BCUT2D eigenvalue weighted by molar-refractivity contribution is 0.866. The second-order valence-electron chi connectivity index (χ2n) is 4.27. The zero-order valence-electron chi connectivity index (χ0n) is 11.0. The van der Waals surface area contributed by atoms with E-state index in [9.17, 15) is 4.79 Å². The van der Waals surface area contributed by atoms with E-state index in [1.165, 1.54) is 0 Å². The Morgan fingerprint density at radius 3 is 3.15 bits per heavy atom.